The molecule has 0 spiro atoms. The van der Waals surface area contributed by atoms with Crippen LogP contribution in [0.15, 0.2) is 24.3 Å². The van der Waals surface area contributed by atoms with Gasteiger partial charge < -0.3 is 15.4 Å². The van der Waals surface area contributed by atoms with Gasteiger partial charge in [0, 0.05) is 12.2 Å². The average molecular weight is 278 g/mol. The van der Waals surface area contributed by atoms with Crippen molar-refractivity contribution in [2.24, 2.45) is 0 Å². The van der Waals surface area contributed by atoms with E-state index in [-0.39, 0.29) is 11.9 Å². The Balaban J connectivity index is 2.40. The van der Waals surface area contributed by atoms with E-state index in [1.807, 2.05) is 31.2 Å². The summed E-state index contributed by atoms with van der Waals surface area (Å²) in [6, 6.07) is 7.45. The molecule has 0 aliphatic carbocycles. The highest BCUT2D eigenvalue weighted by atomic mass is 16.5. The van der Waals surface area contributed by atoms with Crippen molar-refractivity contribution < 1.29 is 9.53 Å². The molecule has 112 valence electrons. The van der Waals surface area contributed by atoms with E-state index in [1.54, 1.807) is 0 Å². The van der Waals surface area contributed by atoms with Crippen LogP contribution in [0.25, 0.3) is 0 Å². The number of rotatable bonds is 9. The molecule has 1 aromatic carbocycles. The zero-order valence-corrected chi connectivity index (χ0v) is 12.7. The largest absolute Gasteiger partial charge is 0.494 e. The summed E-state index contributed by atoms with van der Waals surface area (Å²) >= 11 is 0. The molecule has 0 heterocycles. The van der Waals surface area contributed by atoms with Crippen LogP contribution in [-0.4, -0.2) is 25.1 Å². The number of hydrogen-bond acceptors (Lipinski definition) is 3. The van der Waals surface area contributed by atoms with Crippen molar-refractivity contribution in [2.75, 3.05) is 18.5 Å². The van der Waals surface area contributed by atoms with Gasteiger partial charge in [0.1, 0.15) is 11.8 Å². The van der Waals surface area contributed by atoms with Gasteiger partial charge in [-0.1, -0.05) is 20.3 Å². The normalized spacial score (nSPS) is 11.8. The fourth-order valence-electron chi connectivity index (χ4n) is 1.72. The van der Waals surface area contributed by atoms with Crippen LogP contribution in [0.3, 0.4) is 0 Å². The van der Waals surface area contributed by atoms with Gasteiger partial charge in [0.25, 0.3) is 0 Å². The molecule has 4 nitrogen and oxygen atoms in total. The molecule has 1 atom stereocenters. The maximum atomic E-state index is 11.8. The minimum absolute atomic E-state index is 0.0322. The number of carbonyl (C=O) groups excluding carboxylic acids is 1. The predicted molar refractivity (Wildman–Crippen MR) is 83.2 cm³/mol. The summed E-state index contributed by atoms with van der Waals surface area (Å²) in [7, 11) is 0. The number of hydrogen-bond donors (Lipinski definition) is 2. The van der Waals surface area contributed by atoms with Crippen molar-refractivity contribution in [3.05, 3.63) is 24.3 Å². The molecule has 1 aromatic rings. The molecular formula is C16H26N2O2. The summed E-state index contributed by atoms with van der Waals surface area (Å²) < 4.78 is 5.52. The molecule has 20 heavy (non-hydrogen) atoms. The first-order valence-corrected chi connectivity index (χ1v) is 7.44. The van der Waals surface area contributed by atoms with Crippen LogP contribution in [-0.2, 0) is 4.79 Å². The highest BCUT2D eigenvalue weighted by Crippen LogP contribution is 2.16. The minimum Gasteiger partial charge on any atom is -0.494 e. The van der Waals surface area contributed by atoms with Gasteiger partial charge >= 0.3 is 0 Å². The Kier molecular flexibility index (Phi) is 7.55. The lowest BCUT2D eigenvalue weighted by Gasteiger charge is -2.15. The van der Waals surface area contributed by atoms with Crippen molar-refractivity contribution in [1.82, 2.24) is 5.32 Å². The molecule has 0 radical (unpaired) electrons. The molecule has 0 bridgehead atoms. The molecule has 2 N–H and O–H groups in total. The van der Waals surface area contributed by atoms with Gasteiger partial charge in [0.15, 0.2) is 0 Å². The second-order valence-electron chi connectivity index (χ2n) is 4.88. The maximum Gasteiger partial charge on any atom is 0.242 e. The molecule has 1 rings (SSSR count). The van der Waals surface area contributed by atoms with Gasteiger partial charge in [-0.15, -0.1) is 0 Å². The van der Waals surface area contributed by atoms with Gasteiger partial charge in [-0.25, -0.2) is 0 Å². The Morgan fingerprint density at radius 3 is 2.50 bits per heavy atom. The first kappa shape index (κ1) is 16.3. The molecule has 4 heteroatoms. The molecular weight excluding hydrogens is 252 g/mol. The van der Waals surface area contributed by atoms with Gasteiger partial charge in [-0.05, 0) is 44.0 Å². The fraction of sp³-hybridized carbons (Fsp3) is 0.562. The molecule has 0 aliphatic rings. The lowest BCUT2D eigenvalue weighted by atomic mass is 10.2. The van der Waals surface area contributed by atoms with Crippen LogP contribution < -0.4 is 15.4 Å². The fourth-order valence-corrected chi connectivity index (χ4v) is 1.72. The summed E-state index contributed by atoms with van der Waals surface area (Å²) in [6.07, 6.45) is 3.10. The van der Waals surface area contributed by atoms with Crippen molar-refractivity contribution in [1.29, 1.82) is 0 Å². The van der Waals surface area contributed by atoms with Crippen LogP contribution in [0.5, 0.6) is 5.75 Å². The third-order valence-electron chi connectivity index (χ3n) is 2.93. The zero-order valence-electron chi connectivity index (χ0n) is 12.7. The van der Waals surface area contributed by atoms with Crippen LogP contribution in [0, 0.1) is 0 Å². The van der Waals surface area contributed by atoms with Crippen LogP contribution >= 0.6 is 0 Å². The molecule has 0 aliphatic heterocycles. The zero-order chi connectivity index (χ0) is 14.8. The first-order chi connectivity index (χ1) is 9.67. The standard InChI is InChI=1S/C16H26N2O2/c1-4-6-11-17-16(19)13(3)18-14-7-9-15(10-8-14)20-12-5-2/h7-10,13,18H,4-6,11-12H2,1-3H3,(H,17,19). The summed E-state index contributed by atoms with van der Waals surface area (Å²) in [5.74, 6) is 0.891. The average Bonchev–Trinajstić information content (AvgIpc) is 2.46. The molecule has 1 unspecified atom stereocenters. The molecule has 0 fully saturated rings. The highest BCUT2D eigenvalue weighted by Gasteiger charge is 2.11. The van der Waals surface area contributed by atoms with E-state index in [2.05, 4.69) is 24.5 Å². The van der Waals surface area contributed by atoms with E-state index < -0.39 is 0 Å². The quantitative estimate of drug-likeness (QED) is 0.682. The van der Waals surface area contributed by atoms with Crippen molar-refractivity contribution in [3.63, 3.8) is 0 Å². The monoisotopic (exact) mass is 278 g/mol. The summed E-state index contributed by atoms with van der Waals surface area (Å²) in [4.78, 5) is 11.8. The number of ether oxygens (including phenoxy) is 1. The van der Waals surface area contributed by atoms with E-state index in [1.165, 1.54) is 0 Å². The number of amides is 1. The van der Waals surface area contributed by atoms with E-state index in [0.717, 1.165) is 43.9 Å². The summed E-state index contributed by atoms with van der Waals surface area (Å²) in [5.41, 5.74) is 0.923. The third kappa shape index (κ3) is 5.95. The molecule has 0 aromatic heterocycles. The highest BCUT2D eigenvalue weighted by molar-refractivity contribution is 5.84. The number of carbonyl (C=O) groups is 1. The van der Waals surface area contributed by atoms with Gasteiger partial charge in [0.05, 0.1) is 6.61 Å². The van der Waals surface area contributed by atoms with Crippen molar-refractivity contribution >= 4 is 11.6 Å². The number of unbranched alkanes of at least 4 members (excludes halogenated alkanes) is 1. The number of benzene rings is 1. The van der Waals surface area contributed by atoms with Crippen LogP contribution in [0.1, 0.15) is 40.0 Å². The first-order valence-electron chi connectivity index (χ1n) is 7.44. The summed E-state index contributed by atoms with van der Waals surface area (Å²) in [5, 5.41) is 6.10. The lowest BCUT2D eigenvalue weighted by Crippen LogP contribution is -2.37. The Morgan fingerprint density at radius 2 is 1.90 bits per heavy atom. The molecule has 1 amide bonds. The van der Waals surface area contributed by atoms with Gasteiger partial charge in [-0.2, -0.15) is 0 Å². The Morgan fingerprint density at radius 1 is 1.20 bits per heavy atom. The maximum absolute atomic E-state index is 11.8. The van der Waals surface area contributed by atoms with Crippen LogP contribution in [0.2, 0.25) is 0 Å². The third-order valence-corrected chi connectivity index (χ3v) is 2.93. The summed E-state index contributed by atoms with van der Waals surface area (Å²) in [6.45, 7) is 7.52. The van der Waals surface area contributed by atoms with Gasteiger partial charge in [-0.3, -0.25) is 4.79 Å². The second-order valence-corrected chi connectivity index (χ2v) is 4.88. The van der Waals surface area contributed by atoms with Gasteiger partial charge in [0.2, 0.25) is 5.91 Å². The SMILES string of the molecule is CCCCNC(=O)C(C)Nc1ccc(OCCC)cc1. The Labute approximate surface area is 121 Å². The molecule has 0 saturated carbocycles. The van der Waals surface area contributed by atoms with Crippen molar-refractivity contribution in [2.45, 2.75) is 46.1 Å². The number of nitrogens with one attached hydrogen (secondary N) is 2. The van der Waals surface area contributed by atoms with Crippen LogP contribution in [0.4, 0.5) is 5.69 Å². The topological polar surface area (TPSA) is 50.4 Å². The van der Waals surface area contributed by atoms with E-state index in [9.17, 15) is 4.79 Å². The Bertz CT molecular complexity index is 390. The Hall–Kier alpha value is -1.71. The second kappa shape index (κ2) is 9.23. The van der Waals surface area contributed by atoms with Crippen molar-refractivity contribution in [3.8, 4) is 5.75 Å². The van der Waals surface area contributed by atoms with E-state index in [4.69, 9.17) is 4.74 Å². The van der Waals surface area contributed by atoms with E-state index in [0.29, 0.717) is 0 Å². The predicted octanol–water partition coefficient (Wildman–Crippen LogP) is 3.19. The lowest BCUT2D eigenvalue weighted by molar-refractivity contribution is -0.121. The van der Waals surface area contributed by atoms with E-state index >= 15 is 0 Å². The smallest absolute Gasteiger partial charge is 0.242 e. The minimum atomic E-state index is -0.241. The number of anilines is 1. The molecule has 0 saturated heterocycles.